The van der Waals surface area contributed by atoms with Gasteiger partial charge in [0.1, 0.15) is 13.1 Å². The molecule has 0 radical (unpaired) electrons. The molecule has 0 unspecified atom stereocenters. The van der Waals surface area contributed by atoms with Gasteiger partial charge in [0.05, 0.1) is 4.79 Å². The molecule has 5 nitrogen and oxygen atoms in total. The summed E-state index contributed by atoms with van der Waals surface area (Å²) < 4.78 is 5.10. The second-order valence-corrected chi connectivity index (χ2v) is 5.21. The molecule has 0 saturated carbocycles. The van der Waals surface area contributed by atoms with Crippen LogP contribution in [0.5, 0.6) is 0 Å². The molecular weight excluding hydrogens is 276 g/mol. The zero-order valence-electron chi connectivity index (χ0n) is 12.5. The molecule has 2 aromatic carbocycles. The topological polar surface area (TPSA) is 59.2 Å². The van der Waals surface area contributed by atoms with Gasteiger partial charge in [-0.15, -0.1) is 5.01 Å². The minimum absolute atomic E-state index is 0.339. The van der Waals surface area contributed by atoms with Crippen molar-refractivity contribution in [1.29, 1.82) is 0 Å². The Morgan fingerprint density at radius 2 is 1.45 bits per heavy atom. The van der Waals surface area contributed by atoms with Crippen molar-refractivity contribution in [2.24, 2.45) is 0 Å². The van der Waals surface area contributed by atoms with Crippen molar-refractivity contribution in [2.75, 3.05) is 10.7 Å². The third-order valence-electron chi connectivity index (χ3n) is 3.56. The standard InChI is InChI=1S/C17H19N4O/c1-14-17(18)22-19-21(14)20(12-15-8-4-2-5-9-15)13-16-10-6-3-7-11-16/h2-11H,12-13,18H2,1H3/q+1. The molecule has 0 saturated heterocycles. The molecule has 22 heavy (non-hydrogen) atoms. The van der Waals surface area contributed by atoms with Crippen LogP contribution in [0.25, 0.3) is 0 Å². The fraction of sp³-hybridized carbons (Fsp3) is 0.176. The summed E-state index contributed by atoms with van der Waals surface area (Å²) in [5.41, 5.74) is 8.99. The van der Waals surface area contributed by atoms with Gasteiger partial charge in [-0.25, -0.2) is 0 Å². The lowest BCUT2D eigenvalue weighted by atomic mass is 10.2. The highest BCUT2D eigenvalue weighted by Crippen LogP contribution is 2.09. The van der Waals surface area contributed by atoms with Crippen molar-refractivity contribution >= 4 is 5.88 Å². The number of nitrogens with two attached hydrogens (primary N) is 1. The van der Waals surface area contributed by atoms with Crippen LogP contribution < -0.4 is 15.5 Å². The van der Waals surface area contributed by atoms with Crippen LogP contribution in [-0.4, -0.2) is 5.27 Å². The fourth-order valence-electron chi connectivity index (χ4n) is 2.35. The number of anilines is 1. The predicted molar refractivity (Wildman–Crippen MR) is 84.4 cm³/mol. The van der Waals surface area contributed by atoms with Crippen molar-refractivity contribution in [3.63, 3.8) is 0 Å². The first-order valence-corrected chi connectivity index (χ1v) is 7.21. The molecule has 0 fully saturated rings. The van der Waals surface area contributed by atoms with Crippen LogP contribution in [-0.2, 0) is 13.1 Å². The highest BCUT2D eigenvalue weighted by molar-refractivity contribution is 5.24. The van der Waals surface area contributed by atoms with E-state index in [1.807, 2.05) is 43.3 Å². The van der Waals surface area contributed by atoms with Crippen LogP contribution >= 0.6 is 0 Å². The molecule has 1 aromatic heterocycles. The highest BCUT2D eigenvalue weighted by atomic mass is 16.5. The number of aromatic nitrogens is 2. The monoisotopic (exact) mass is 295 g/mol. The van der Waals surface area contributed by atoms with Crippen molar-refractivity contribution in [3.8, 4) is 0 Å². The summed E-state index contributed by atoms with van der Waals surface area (Å²) >= 11 is 0. The predicted octanol–water partition coefficient (Wildman–Crippen LogP) is 2.19. The van der Waals surface area contributed by atoms with Gasteiger partial charge in [-0.1, -0.05) is 60.7 Å². The number of nitrogens with zero attached hydrogens (tertiary/aromatic N) is 3. The number of hydrogen-bond acceptors (Lipinski definition) is 4. The molecule has 5 heteroatoms. The van der Waals surface area contributed by atoms with Gasteiger partial charge >= 0.3 is 5.69 Å². The summed E-state index contributed by atoms with van der Waals surface area (Å²) in [6.45, 7) is 3.33. The first-order valence-electron chi connectivity index (χ1n) is 7.21. The number of benzene rings is 2. The lowest BCUT2D eigenvalue weighted by Crippen LogP contribution is -2.59. The quantitative estimate of drug-likeness (QED) is 0.733. The van der Waals surface area contributed by atoms with Crippen LogP contribution in [0.1, 0.15) is 16.8 Å². The van der Waals surface area contributed by atoms with Gasteiger partial charge in [-0.3, -0.25) is 4.52 Å². The molecule has 1 heterocycles. The SMILES string of the molecule is Cc1c(N)on[n+]1N(Cc1ccccc1)Cc1ccccc1. The van der Waals surface area contributed by atoms with Crippen molar-refractivity contribution in [2.45, 2.75) is 20.0 Å². The molecule has 0 atom stereocenters. The summed E-state index contributed by atoms with van der Waals surface area (Å²) in [7, 11) is 0. The third kappa shape index (κ3) is 3.09. The van der Waals surface area contributed by atoms with E-state index in [1.165, 1.54) is 11.1 Å². The maximum atomic E-state index is 5.79. The maximum absolute atomic E-state index is 5.79. The van der Waals surface area contributed by atoms with Crippen LogP contribution in [0.4, 0.5) is 5.88 Å². The summed E-state index contributed by atoms with van der Waals surface area (Å²) in [4.78, 5) is 1.73. The largest absolute Gasteiger partial charge is 0.362 e. The Morgan fingerprint density at radius 3 is 1.86 bits per heavy atom. The Balaban J connectivity index is 1.90. The van der Waals surface area contributed by atoms with E-state index in [9.17, 15) is 0 Å². The first-order chi connectivity index (χ1) is 10.7. The van der Waals surface area contributed by atoms with Gasteiger partial charge in [0.2, 0.25) is 5.27 Å². The van der Waals surface area contributed by atoms with Gasteiger partial charge in [-0.05, 0) is 11.1 Å². The van der Waals surface area contributed by atoms with Gasteiger partial charge < -0.3 is 5.73 Å². The zero-order chi connectivity index (χ0) is 15.4. The van der Waals surface area contributed by atoms with Crippen LogP contribution in [0.2, 0.25) is 0 Å². The third-order valence-corrected chi connectivity index (χ3v) is 3.56. The molecule has 3 rings (SSSR count). The molecule has 0 aliphatic rings. The Kier molecular flexibility index (Phi) is 4.05. The molecule has 0 bridgehead atoms. The highest BCUT2D eigenvalue weighted by Gasteiger charge is 2.26. The smallest absolute Gasteiger partial charge is 0.304 e. The molecule has 2 N–H and O–H groups in total. The molecular formula is C17H19N4O+. The van der Waals surface area contributed by atoms with Gasteiger partial charge in [-0.2, -0.15) is 0 Å². The van der Waals surface area contributed by atoms with Crippen LogP contribution in [0.3, 0.4) is 0 Å². The van der Waals surface area contributed by atoms with Gasteiger partial charge in [0, 0.05) is 6.92 Å². The number of rotatable bonds is 5. The normalized spacial score (nSPS) is 10.6. The van der Waals surface area contributed by atoms with E-state index in [2.05, 4.69) is 34.5 Å². The molecule has 0 spiro atoms. The molecule has 0 amide bonds. The minimum Gasteiger partial charge on any atom is -0.362 e. The van der Waals surface area contributed by atoms with E-state index in [1.54, 1.807) is 4.79 Å². The summed E-state index contributed by atoms with van der Waals surface area (Å²) in [5.74, 6) is 0.339. The summed E-state index contributed by atoms with van der Waals surface area (Å²) in [6.07, 6.45) is 0. The Hall–Kier alpha value is -2.82. The van der Waals surface area contributed by atoms with E-state index in [4.69, 9.17) is 10.3 Å². The lowest BCUT2D eigenvalue weighted by molar-refractivity contribution is -0.766. The van der Waals surface area contributed by atoms with E-state index in [0.717, 1.165) is 5.69 Å². The minimum atomic E-state index is 0.339. The fourth-order valence-corrected chi connectivity index (χ4v) is 2.35. The first kappa shape index (κ1) is 14.1. The van der Waals surface area contributed by atoms with E-state index in [-0.39, 0.29) is 0 Å². The summed E-state index contributed by atoms with van der Waals surface area (Å²) in [6, 6.07) is 20.5. The number of hydrogen-bond donors (Lipinski definition) is 1. The second kappa shape index (κ2) is 6.30. The second-order valence-electron chi connectivity index (χ2n) is 5.21. The Labute approximate surface area is 129 Å². The molecule has 112 valence electrons. The molecule has 0 aliphatic heterocycles. The van der Waals surface area contributed by atoms with Crippen molar-refractivity contribution < 1.29 is 9.31 Å². The average molecular weight is 295 g/mol. The maximum Gasteiger partial charge on any atom is 0.304 e. The molecule has 0 aliphatic carbocycles. The van der Waals surface area contributed by atoms with E-state index in [0.29, 0.717) is 19.0 Å². The van der Waals surface area contributed by atoms with E-state index < -0.39 is 0 Å². The van der Waals surface area contributed by atoms with Crippen LogP contribution in [0, 0.1) is 6.92 Å². The Bertz CT molecular complexity index is 683. The average Bonchev–Trinajstić information content (AvgIpc) is 2.88. The Morgan fingerprint density at radius 1 is 0.955 bits per heavy atom. The van der Waals surface area contributed by atoms with Gasteiger partial charge in [0.25, 0.3) is 5.88 Å². The van der Waals surface area contributed by atoms with Crippen molar-refractivity contribution in [3.05, 3.63) is 77.5 Å². The zero-order valence-corrected chi connectivity index (χ0v) is 12.5. The summed E-state index contributed by atoms with van der Waals surface area (Å²) in [5, 5.41) is 6.15. The number of nitrogen functional groups attached to an aromatic ring is 1. The molecule has 3 aromatic rings. The lowest BCUT2D eigenvalue weighted by Gasteiger charge is -2.15. The van der Waals surface area contributed by atoms with E-state index >= 15 is 0 Å². The van der Waals surface area contributed by atoms with Crippen LogP contribution in [0.15, 0.2) is 65.2 Å². The van der Waals surface area contributed by atoms with Crippen molar-refractivity contribution in [1.82, 2.24) is 5.27 Å². The van der Waals surface area contributed by atoms with Gasteiger partial charge in [0.15, 0.2) is 0 Å².